The molecule has 0 spiro atoms. The van der Waals surface area contributed by atoms with Gasteiger partial charge < -0.3 is 4.98 Å². The zero-order chi connectivity index (χ0) is 8.72. The van der Waals surface area contributed by atoms with E-state index >= 15 is 0 Å². The average Bonchev–Trinajstić information content (AvgIpc) is 2.48. The standard InChI is InChI=1S/C8H4BrClFN/c9-5-3-6(11)7(10)4-1-2-12-8(4)5/h1-3,12H. The molecule has 1 heterocycles. The van der Waals surface area contributed by atoms with Crippen LogP contribution in [0.2, 0.25) is 5.02 Å². The molecule has 0 aliphatic heterocycles. The zero-order valence-electron chi connectivity index (χ0n) is 5.87. The van der Waals surface area contributed by atoms with Gasteiger partial charge in [-0.2, -0.15) is 0 Å². The highest BCUT2D eigenvalue weighted by molar-refractivity contribution is 9.10. The number of H-pyrrole nitrogens is 1. The van der Waals surface area contributed by atoms with Gasteiger partial charge in [-0.05, 0) is 28.1 Å². The fourth-order valence-corrected chi connectivity index (χ4v) is 1.87. The summed E-state index contributed by atoms with van der Waals surface area (Å²) in [7, 11) is 0. The van der Waals surface area contributed by atoms with Gasteiger partial charge >= 0.3 is 0 Å². The van der Waals surface area contributed by atoms with E-state index in [2.05, 4.69) is 20.9 Å². The minimum atomic E-state index is -0.407. The summed E-state index contributed by atoms with van der Waals surface area (Å²) in [6.45, 7) is 0. The highest BCUT2D eigenvalue weighted by Crippen LogP contribution is 2.31. The highest BCUT2D eigenvalue weighted by Gasteiger charge is 2.08. The van der Waals surface area contributed by atoms with E-state index < -0.39 is 5.82 Å². The van der Waals surface area contributed by atoms with Crippen LogP contribution in [0.15, 0.2) is 22.8 Å². The van der Waals surface area contributed by atoms with Crippen LogP contribution < -0.4 is 0 Å². The summed E-state index contributed by atoms with van der Waals surface area (Å²) in [4.78, 5) is 2.96. The molecule has 0 amide bonds. The number of nitrogens with one attached hydrogen (secondary N) is 1. The first kappa shape index (κ1) is 8.08. The Bertz CT molecular complexity index is 438. The van der Waals surface area contributed by atoms with Gasteiger partial charge in [0.1, 0.15) is 5.82 Å². The van der Waals surface area contributed by atoms with Crippen molar-refractivity contribution in [3.63, 3.8) is 0 Å². The molecule has 0 saturated heterocycles. The van der Waals surface area contributed by atoms with Crippen LogP contribution in [0.25, 0.3) is 10.9 Å². The number of rotatable bonds is 0. The largest absolute Gasteiger partial charge is 0.360 e. The van der Waals surface area contributed by atoms with Crippen molar-refractivity contribution in [3.05, 3.63) is 33.6 Å². The fraction of sp³-hybridized carbons (Fsp3) is 0. The molecule has 0 aliphatic rings. The third kappa shape index (κ3) is 1.04. The first-order chi connectivity index (χ1) is 5.70. The summed E-state index contributed by atoms with van der Waals surface area (Å²) >= 11 is 8.95. The molecule has 0 radical (unpaired) electrons. The molecule has 2 aromatic rings. The van der Waals surface area contributed by atoms with Crippen molar-refractivity contribution in [2.24, 2.45) is 0 Å². The Morgan fingerprint density at radius 3 is 3.00 bits per heavy atom. The van der Waals surface area contributed by atoms with Gasteiger partial charge in [-0.3, -0.25) is 0 Å². The minimum Gasteiger partial charge on any atom is -0.360 e. The Kier molecular flexibility index (Phi) is 1.85. The van der Waals surface area contributed by atoms with E-state index in [1.807, 2.05) is 0 Å². The summed E-state index contributed by atoms with van der Waals surface area (Å²) in [5.41, 5.74) is 0.821. The normalized spacial score (nSPS) is 10.9. The first-order valence-electron chi connectivity index (χ1n) is 3.30. The van der Waals surface area contributed by atoms with Crippen LogP contribution in [0.5, 0.6) is 0 Å². The zero-order valence-corrected chi connectivity index (χ0v) is 8.21. The second kappa shape index (κ2) is 2.75. The molecule has 0 saturated carbocycles. The summed E-state index contributed by atoms with van der Waals surface area (Å²) < 4.78 is 13.7. The van der Waals surface area contributed by atoms with E-state index in [1.165, 1.54) is 6.07 Å². The van der Waals surface area contributed by atoms with Crippen molar-refractivity contribution < 1.29 is 4.39 Å². The first-order valence-corrected chi connectivity index (χ1v) is 4.48. The highest BCUT2D eigenvalue weighted by atomic mass is 79.9. The predicted octanol–water partition coefficient (Wildman–Crippen LogP) is 3.72. The molecule has 0 atom stereocenters. The van der Waals surface area contributed by atoms with Crippen molar-refractivity contribution in [1.82, 2.24) is 4.98 Å². The van der Waals surface area contributed by atoms with Crippen LogP contribution in [0.3, 0.4) is 0 Å². The van der Waals surface area contributed by atoms with E-state index in [1.54, 1.807) is 12.3 Å². The van der Waals surface area contributed by atoms with Gasteiger partial charge in [-0.25, -0.2) is 4.39 Å². The Morgan fingerprint density at radius 2 is 2.25 bits per heavy atom. The van der Waals surface area contributed by atoms with Crippen LogP contribution >= 0.6 is 27.5 Å². The average molecular weight is 248 g/mol. The third-order valence-electron chi connectivity index (χ3n) is 1.69. The van der Waals surface area contributed by atoms with E-state index in [9.17, 15) is 4.39 Å². The number of halogens is 3. The molecule has 4 heteroatoms. The monoisotopic (exact) mass is 247 g/mol. The van der Waals surface area contributed by atoms with Gasteiger partial charge in [0.15, 0.2) is 0 Å². The summed E-state index contributed by atoms with van der Waals surface area (Å²) in [5.74, 6) is -0.407. The topological polar surface area (TPSA) is 15.8 Å². The lowest BCUT2D eigenvalue weighted by molar-refractivity contribution is 0.629. The van der Waals surface area contributed by atoms with E-state index in [0.717, 1.165) is 5.52 Å². The molecule has 0 bridgehead atoms. The number of aromatic nitrogens is 1. The van der Waals surface area contributed by atoms with Crippen molar-refractivity contribution in [2.75, 3.05) is 0 Å². The molecular formula is C8H4BrClFN. The second-order valence-corrected chi connectivity index (χ2v) is 3.65. The third-order valence-corrected chi connectivity index (χ3v) is 2.69. The van der Waals surface area contributed by atoms with Crippen LogP contribution in [-0.2, 0) is 0 Å². The van der Waals surface area contributed by atoms with Gasteiger partial charge in [0.2, 0.25) is 0 Å². The maximum Gasteiger partial charge on any atom is 0.143 e. The molecule has 1 aromatic carbocycles. The lowest BCUT2D eigenvalue weighted by Gasteiger charge is -1.98. The predicted molar refractivity (Wildman–Crippen MR) is 51.0 cm³/mol. The Hall–Kier alpha value is -0.540. The van der Waals surface area contributed by atoms with Gasteiger partial charge in [-0.15, -0.1) is 0 Å². The Balaban J connectivity index is 2.97. The van der Waals surface area contributed by atoms with Gasteiger partial charge in [-0.1, -0.05) is 11.6 Å². The van der Waals surface area contributed by atoms with Gasteiger partial charge in [0.05, 0.1) is 10.5 Å². The Morgan fingerprint density at radius 1 is 1.50 bits per heavy atom. The number of fused-ring (bicyclic) bond motifs is 1. The summed E-state index contributed by atoms with van der Waals surface area (Å²) in [6.07, 6.45) is 1.72. The lowest BCUT2D eigenvalue weighted by Crippen LogP contribution is -1.79. The molecular weight excluding hydrogens is 244 g/mol. The lowest BCUT2D eigenvalue weighted by atomic mass is 10.2. The maximum absolute atomic E-state index is 13.0. The van der Waals surface area contributed by atoms with E-state index in [-0.39, 0.29) is 5.02 Å². The molecule has 0 aliphatic carbocycles. The van der Waals surface area contributed by atoms with Crippen LogP contribution in [0, 0.1) is 5.82 Å². The number of benzene rings is 1. The van der Waals surface area contributed by atoms with Crippen LogP contribution in [-0.4, -0.2) is 4.98 Å². The van der Waals surface area contributed by atoms with E-state index in [4.69, 9.17) is 11.6 Å². The number of hydrogen-bond donors (Lipinski definition) is 1. The van der Waals surface area contributed by atoms with Crippen LogP contribution in [0.1, 0.15) is 0 Å². The SMILES string of the molecule is Fc1cc(Br)c2[nH]ccc2c1Cl. The molecule has 1 aromatic heterocycles. The van der Waals surface area contributed by atoms with Gasteiger partial charge in [0.25, 0.3) is 0 Å². The van der Waals surface area contributed by atoms with Crippen molar-refractivity contribution in [2.45, 2.75) is 0 Å². The fourth-order valence-electron chi connectivity index (χ4n) is 1.13. The van der Waals surface area contributed by atoms with Crippen molar-refractivity contribution >= 4 is 38.4 Å². The molecule has 62 valence electrons. The van der Waals surface area contributed by atoms with Gasteiger partial charge in [0, 0.05) is 16.1 Å². The molecule has 1 N–H and O–H groups in total. The molecule has 0 fully saturated rings. The molecule has 0 unspecified atom stereocenters. The van der Waals surface area contributed by atoms with Crippen molar-refractivity contribution in [1.29, 1.82) is 0 Å². The summed E-state index contributed by atoms with van der Waals surface area (Å²) in [5, 5.41) is 0.859. The molecule has 2 rings (SSSR count). The van der Waals surface area contributed by atoms with E-state index in [0.29, 0.717) is 9.86 Å². The molecule has 12 heavy (non-hydrogen) atoms. The minimum absolute atomic E-state index is 0.162. The van der Waals surface area contributed by atoms with Crippen LogP contribution in [0.4, 0.5) is 4.39 Å². The molecule has 1 nitrogen and oxygen atoms in total. The number of aromatic amines is 1. The maximum atomic E-state index is 13.0. The van der Waals surface area contributed by atoms with Crippen molar-refractivity contribution in [3.8, 4) is 0 Å². The smallest absolute Gasteiger partial charge is 0.143 e. The second-order valence-electron chi connectivity index (χ2n) is 2.42. The number of hydrogen-bond acceptors (Lipinski definition) is 0. The Labute approximate surface area is 81.7 Å². The summed E-state index contributed by atoms with van der Waals surface area (Å²) in [6, 6.07) is 3.09. The quantitative estimate of drug-likeness (QED) is 0.684.